The number of nitrogens with one attached hydrogen (secondary N) is 1. The molecule has 0 bridgehead atoms. The third-order valence-electron chi connectivity index (χ3n) is 3.17. The minimum Gasteiger partial charge on any atom is -0.330 e. The number of imidazole rings is 1. The molecule has 3 heteroatoms. The van der Waals surface area contributed by atoms with Gasteiger partial charge in [0.15, 0.2) is 0 Å². The van der Waals surface area contributed by atoms with Crippen LogP contribution in [0.25, 0.3) is 11.0 Å². The molecule has 2 atom stereocenters. The molecule has 1 N–H and O–H groups in total. The third-order valence-corrected chi connectivity index (χ3v) is 3.17. The first-order valence-corrected chi connectivity index (χ1v) is 6.24. The molecule has 0 amide bonds. The van der Waals surface area contributed by atoms with E-state index in [9.17, 15) is 0 Å². The molecule has 0 radical (unpaired) electrons. The largest absolute Gasteiger partial charge is 0.330 e. The highest BCUT2D eigenvalue weighted by Gasteiger charge is 2.15. The van der Waals surface area contributed by atoms with Crippen molar-refractivity contribution < 1.29 is 0 Å². The molecule has 0 aliphatic heterocycles. The number of para-hydroxylation sites is 2. The van der Waals surface area contributed by atoms with Crippen molar-refractivity contribution in [1.82, 2.24) is 14.9 Å². The van der Waals surface area contributed by atoms with Crippen molar-refractivity contribution in [2.75, 3.05) is 0 Å². The molecule has 0 spiro atoms. The normalized spacial score (nSPS) is 14.3. The number of hydrogen-bond acceptors (Lipinski definition) is 2. The molecular formula is C15H19N3. The van der Waals surface area contributed by atoms with Crippen LogP contribution in [0, 0.1) is 12.3 Å². The van der Waals surface area contributed by atoms with E-state index in [4.69, 9.17) is 6.42 Å². The number of nitrogens with zero attached hydrogens (tertiary/aromatic N) is 2. The summed E-state index contributed by atoms with van der Waals surface area (Å²) in [5.74, 6) is 3.72. The number of fused-ring (bicyclic) bond motifs is 1. The lowest BCUT2D eigenvalue weighted by Gasteiger charge is -2.18. The molecule has 3 nitrogen and oxygen atoms in total. The fraction of sp³-hybridized carbons (Fsp3) is 0.400. The van der Waals surface area contributed by atoms with E-state index in [2.05, 4.69) is 47.7 Å². The summed E-state index contributed by atoms with van der Waals surface area (Å²) in [5.41, 5.74) is 2.19. The molecule has 2 aromatic rings. The Bertz CT molecular complexity index is 577. The highest BCUT2D eigenvalue weighted by atomic mass is 15.1. The van der Waals surface area contributed by atoms with Crippen molar-refractivity contribution in [2.24, 2.45) is 7.05 Å². The van der Waals surface area contributed by atoms with Gasteiger partial charge in [0, 0.05) is 19.5 Å². The predicted octanol–water partition coefficient (Wildman–Crippen LogP) is 2.64. The molecule has 94 valence electrons. The number of aryl methyl sites for hydroxylation is 1. The van der Waals surface area contributed by atoms with E-state index in [1.54, 1.807) is 0 Å². The molecular weight excluding hydrogens is 222 g/mol. The van der Waals surface area contributed by atoms with Crippen LogP contribution in [-0.2, 0) is 7.05 Å². The number of benzene rings is 1. The Kier molecular flexibility index (Phi) is 3.69. The summed E-state index contributed by atoms with van der Waals surface area (Å²) < 4.78 is 2.13. The predicted molar refractivity (Wildman–Crippen MR) is 75.2 cm³/mol. The van der Waals surface area contributed by atoms with E-state index in [1.807, 2.05) is 18.2 Å². The summed E-state index contributed by atoms with van der Waals surface area (Å²) in [6, 6.07) is 8.65. The van der Waals surface area contributed by atoms with Crippen LogP contribution >= 0.6 is 0 Å². The first kappa shape index (κ1) is 12.7. The molecule has 2 rings (SSSR count). The van der Waals surface area contributed by atoms with Gasteiger partial charge in [-0.15, -0.1) is 12.3 Å². The third kappa shape index (κ3) is 2.39. The molecule has 18 heavy (non-hydrogen) atoms. The molecule has 0 saturated carbocycles. The van der Waals surface area contributed by atoms with Crippen molar-refractivity contribution in [3.05, 3.63) is 30.1 Å². The molecule has 1 aromatic heterocycles. The molecule has 0 aliphatic carbocycles. The zero-order valence-electron chi connectivity index (χ0n) is 11.1. The lowest BCUT2D eigenvalue weighted by Crippen LogP contribution is -2.30. The van der Waals surface area contributed by atoms with Crippen LogP contribution in [0.5, 0.6) is 0 Å². The zero-order chi connectivity index (χ0) is 13.1. The Labute approximate surface area is 108 Å². The number of hydrogen-bond donors (Lipinski definition) is 1. The minimum atomic E-state index is 0.186. The Balaban J connectivity index is 2.25. The SMILES string of the molecule is C#CCC(C)NC(C)c1nc2ccccc2n1C. The van der Waals surface area contributed by atoms with E-state index in [1.165, 1.54) is 0 Å². The van der Waals surface area contributed by atoms with Crippen LogP contribution in [0.4, 0.5) is 0 Å². The molecule has 2 unspecified atom stereocenters. The monoisotopic (exact) mass is 241 g/mol. The number of rotatable bonds is 4. The van der Waals surface area contributed by atoms with Crippen LogP contribution in [-0.4, -0.2) is 15.6 Å². The summed E-state index contributed by atoms with van der Waals surface area (Å²) >= 11 is 0. The van der Waals surface area contributed by atoms with Crippen LogP contribution in [0.15, 0.2) is 24.3 Å². The van der Waals surface area contributed by atoms with Crippen LogP contribution in [0.2, 0.25) is 0 Å². The van der Waals surface area contributed by atoms with Gasteiger partial charge in [-0.2, -0.15) is 0 Å². The maximum atomic E-state index is 5.32. The fourth-order valence-electron chi connectivity index (χ4n) is 2.29. The lowest BCUT2D eigenvalue weighted by molar-refractivity contribution is 0.462. The summed E-state index contributed by atoms with van der Waals surface area (Å²) in [4.78, 5) is 4.67. The van der Waals surface area contributed by atoms with Gasteiger partial charge in [0.1, 0.15) is 5.82 Å². The summed E-state index contributed by atoms with van der Waals surface area (Å²) in [5, 5.41) is 3.47. The molecule has 0 aliphatic rings. The van der Waals surface area contributed by atoms with E-state index in [-0.39, 0.29) is 6.04 Å². The van der Waals surface area contributed by atoms with Gasteiger partial charge in [-0.25, -0.2) is 4.98 Å². The highest BCUT2D eigenvalue weighted by molar-refractivity contribution is 5.75. The summed E-state index contributed by atoms with van der Waals surface area (Å²) in [6.45, 7) is 4.22. The number of terminal acetylenes is 1. The minimum absolute atomic E-state index is 0.186. The average molecular weight is 241 g/mol. The first-order chi connectivity index (χ1) is 8.63. The summed E-state index contributed by atoms with van der Waals surface area (Å²) in [6.07, 6.45) is 6.05. The second-order valence-corrected chi connectivity index (χ2v) is 4.72. The quantitative estimate of drug-likeness (QED) is 0.834. The number of aromatic nitrogens is 2. The van der Waals surface area contributed by atoms with Crippen LogP contribution in [0.3, 0.4) is 0 Å². The average Bonchev–Trinajstić information content (AvgIpc) is 2.68. The van der Waals surface area contributed by atoms with Crippen LogP contribution < -0.4 is 5.32 Å². The van der Waals surface area contributed by atoms with Crippen molar-refractivity contribution in [3.63, 3.8) is 0 Å². The van der Waals surface area contributed by atoms with Gasteiger partial charge < -0.3 is 9.88 Å². The molecule has 0 fully saturated rings. The smallest absolute Gasteiger partial charge is 0.126 e. The Hall–Kier alpha value is -1.79. The van der Waals surface area contributed by atoms with Gasteiger partial charge in [0.25, 0.3) is 0 Å². The molecule has 0 saturated heterocycles. The van der Waals surface area contributed by atoms with E-state index in [0.29, 0.717) is 6.04 Å². The van der Waals surface area contributed by atoms with E-state index in [0.717, 1.165) is 23.3 Å². The van der Waals surface area contributed by atoms with Crippen LogP contribution in [0.1, 0.15) is 32.1 Å². The van der Waals surface area contributed by atoms with Crippen molar-refractivity contribution in [2.45, 2.75) is 32.4 Å². The Morgan fingerprint density at radius 2 is 2.11 bits per heavy atom. The zero-order valence-corrected chi connectivity index (χ0v) is 11.1. The molecule has 1 aromatic carbocycles. The summed E-state index contributed by atoms with van der Waals surface area (Å²) in [7, 11) is 2.05. The fourth-order valence-corrected chi connectivity index (χ4v) is 2.29. The molecule has 1 heterocycles. The second-order valence-electron chi connectivity index (χ2n) is 4.72. The van der Waals surface area contributed by atoms with Gasteiger partial charge in [-0.3, -0.25) is 0 Å². The lowest BCUT2D eigenvalue weighted by atomic mass is 10.2. The van der Waals surface area contributed by atoms with Gasteiger partial charge in [-0.05, 0) is 26.0 Å². The standard InChI is InChI=1S/C15H19N3/c1-5-8-11(2)16-12(3)15-17-13-9-6-7-10-14(13)18(15)4/h1,6-7,9-12,16H,8H2,2-4H3. The second kappa shape index (κ2) is 5.24. The van der Waals surface area contributed by atoms with Crippen molar-refractivity contribution in [1.29, 1.82) is 0 Å². The van der Waals surface area contributed by atoms with Gasteiger partial charge in [-0.1, -0.05) is 12.1 Å². The first-order valence-electron chi connectivity index (χ1n) is 6.24. The van der Waals surface area contributed by atoms with Crippen molar-refractivity contribution >= 4 is 11.0 Å². The van der Waals surface area contributed by atoms with Gasteiger partial charge >= 0.3 is 0 Å². The van der Waals surface area contributed by atoms with Gasteiger partial charge in [0.05, 0.1) is 17.1 Å². The van der Waals surface area contributed by atoms with E-state index >= 15 is 0 Å². The maximum absolute atomic E-state index is 5.32. The highest BCUT2D eigenvalue weighted by Crippen LogP contribution is 2.19. The topological polar surface area (TPSA) is 29.9 Å². The Morgan fingerprint density at radius 3 is 2.78 bits per heavy atom. The van der Waals surface area contributed by atoms with Gasteiger partial charge in [0.2, 0.25) is 0 Å². The van der Waals surface area contributed by atoms with E-state index < -0.39 is 0 Å². The maximum Gasteiger partial charge on any atom is 0.126 e. The van der Waals surface area contributed by atoms with Crippen molar-refractivity contribution in [3.8, 4) is 12.3 Å². The Morgan fingerprint density at radius 1 is 1.39 bits per heavy atom.